The van der Waals surface area contributed by atoms with Gasteiger partial charge in [0.05, 0.1) is 15.6 Å². The normalized spacial score (nSPS) is 11.2. The molecular weight excluding hydrogens is 278 g/mol. The number of hydrogen-bond donors (Lipinski definition) is 0. The minimum Gasteiger partial charge on any atom is -0.258 e. The highest BCUT2D eigenvalue weighted by Crippen LogP contribution is 2.22. The summed E-state index contributed by atoms with van der Waals surface area (Å²) in [5.74, 6) is -0.171. The highest BCUT2D eigenvalue weighted by molar-refractivity contribution is 7.90. The summed E-state index contributed by atoms with van der Waals surface area (Å²) < 4.78 is 24.4. The third kappa shape index (κ3) is 3.03. The Balaban J connectivity index is 2.31. The van der Waals surface area contributed by atoms with E-state index in [0.29, 0.717) is 11.1 Å². The van der Waals surface area contributed by atoms with E-state index >= 15 is 0 Å². The molecule has 0 unspecified atom stereocenters. The van der Waals surface area contributed by atoms with Gasteiger partial charge in [0.25, 0.3) is 5.69 Å². The fraction of sp³-hybridized carbons (Fsp3) is 0.143. The zero-order valence-corrected chi connectivity index (χ0v) is 11.6. The van der Waals surface area contributed by atoms with Gasteiger partial charge in [0, 0.05) is 11.6 Å². The highest BCUT2D eigenvalue weighted by Gasteiger charge is 2.17. The molecule has 0 N–H and O–H groups in total. The van der Waals surface area contributed by atoms with Crippen LogP contribution in [0.15, 0.2) is 53.4 Å². The smallest absolute Gasteiger partial charge is 0.258 e. The molecule has 104 valence electrons. The molecule has 0 fully saturated rings. The number of benzene rings is 2. The largest absolute Gasteiger partial charge is 0.272 e. The molecule has 0 saturated carbocycles. The van der Waals surface area contributed by atoms with Crippen LogP contribution < -0.4 is 0 Å². The first-order valence-corrected chi connectivity index (χ1v) is 7.57. The zero-order valence-electron chi connectivity index (χ0n) is 10.8. The predicted molar refractivity (Wildman–Crippen MR) is 75.2 cm³/mol. The van der Waals surface area contributed by atoms with Crippen molar-refractivity contribution in [3.8, 4) is 0 Å². The van der Waals surface area contributed by atoms with Crippen molar-refractivity contribution in [1.29, 1.82) is 0 Å². The van der Waals surface area contributed by atoms with E-state index in [1.807, 2.05) is 0 Å². The molecule has 0 aromatic heterocycles. The first-order valence-electron chi connectivity index (χ1n) is 5.92. The van der Waals surface area contributed by atoms with Crippen molar-refractivity contribution in [2.45, 2.75) is 17.6 Å². The maximum absolute atomic E-state index is 12.2. The molecule has 0 spiro atoms. The molecular formula is C14H13NO4S. The number of nitro benzene ring substituents is 1. The van der Waals surface area contributed by atoms with Crippen LogP contribution >= 0.6 is 0 Å². The van der Waals surface area contributed by atoms with Crippen molar-refractivity contribution in [2.24, 2.45) is 0 Å². The Morgan fingerprint density at radius 3 is 2.30 bits per heavy atom. The molecule has 0 atom stereocenters. The molecule has 0 heterocycles. The minimum atomic E-state index is -3.43. The molecule has 0 bridgehead atoms. The molecule has 2 rings (SSSR count). The fourth-order valence-corrected chi connectivity index (χ4v) is 3.30. The van der Waals surface area contributed by atoms with E-state index in [1.54, 1.807) is 31.2 Å². The zero-order chi connectivity index (χ0) is 14.8. The molecule has 5 nitrogen and oxygen atoms in total. The van der Waals surface area contributed by atoms with Crippen molar-refractivity contribution in [2.75, 3.05) is 0 Å². The number of nitro groups is 1. The number of hydrogen-bond acceptors (Lipinski definition) is 4. The first-order chi connectivity index (χ1) is 9.40. The molecule has 0 aliphatic rings. The average molecular weight is 291 g/mol. The third-order valence-electron chi connectivity index (χ3n) is 2.92. The Labute approximate surface area is 116 Å². The summed E-state index contributed by atoms with van der Waals surface area (Å²) in [5.41, 5.74) is 0.985. The Bertz CT molecular complexity index is 739. The molecule has 0 amide bonds. The lowest BCUT2D eigenvalue weighted by atomic mass is 10.1. The van der Waals surface area contributed by atoms with Crippen LogP contribution in [0.2, 0.25) is 0 Å². The summed E-state index contributed by atoms with van der Waals surface area (Å²) in [7, 11) is -3.43. The van der Waals surface area contributed by atoms with E-state index in [1.165, 1.54) is 24.3 Å². The van der Waals surface area contributed by atoms with Crippen molar-refractivity contribution in [3.05, 3.63) is 69.8 Å². The number of nitrogens with zero attached hydrogens (tertiary/aromatic N) is 1. The van der Waals surface area contributed by atoms with Crippen LogP contribution in [-0.4, -0.2) is 13.3 Å². The molecule has 0 aliphatic heterocycles. The van der Waals surface area contributed by atoms with Crippen molar-refractivity contribution in [1.82, 2.24) is 0 Å². The Hall–Kier alpha value is -2.21. The van der Waals surface area contributed by atoms with Crippen LogP contribution in [0.3, 0.4) is 0 Å². The van der Waals surface area contributed by atoms with Gasteiger partial charge in [-0.1, -0.05) is 24.3 Å². The topological polar surface area (TPSA) is 77.3 Å². The Morgan fingerprint density at radius 1 is 1.10 bits per heavy atom. The van der Waals surface area contributed by atoms with Gasteiger partial charge in [0.2, 0.25) is 0 Å². The van der Waals surface area contributed by atoms with Gasteiger partial charge in [-0.15, -0.1) is 0 Å². The second kappa shape index (κ2) is 5.42. The fourth-order valence-electron chi connectivity index (χ4n) is 1.94. The summed E-state index contributed by atoms with van der Waals surface area (Å²) >= 11 is 0. The predicted octanol–water partition coefficient (Wildman–Crippen LogP) is 2.88. The van der Waals surface area contributed by atoms with Crippen LogP contribution in [0.1, 0.15) is 11.1 Å². The van der Waals surface area contributed by atoms with Gasteiger partial charge in [0.15, 0.2) is 9.84 Å². The van der Waals surface area contributed by atoms with Gasteiger partial charge in [-0.25, -0.2) is 8.42 Å². The van der Waals surface area contributed by atoms with Gasteiger partial charge in [0.1, 0.15) is 0 Å². The van der Waals surface area contributed by atoms with Crippen LogP contribution in [0.5, 0.6) is 0 Å². The van der Waals surface area contributed by atoms with E-state index in [2.05, 4.69) is 0 Å². The molecule has 0 aliphatic carbocycles. The molecule has 0 radical (unpaired) electrons. The summed E-state index contributed by atoms with van der Waals surface area (Å²) in [6.45, 7) is 1.59. The lowest BCUT2D eigenvalue weighted by Gasteiger charge is -2.05. The molecule has 2 aromatic rings. The summed E-state index contributed by atoms with van der Waals surface area (Å²) in [4.78, 5) is 10.5. The number of aryl methyl sites for hydroxylation is 1. The minimum absolute atomic E-state index is 0.00846. The van der Waals surface area contributed by atoms with Gasteiger partial charge in [-0.3, -0.25) is 10.1 Å². The quantitative estimate of drug-likeness (QED) is 0.641. The highest BCUT2D eigenvalue weighted by atomic mass is 32.2. The van der Waals surface area contributed by atoms with E-state index in [0.717, 1.165) is 0 Å². The van der Waals surface area contributed by atoms with E-state index in [9.17, 15) is 18.5 Å². The van der Waals surface area contributed by atoms with Gasteiger partial charge >= 0.3 is 0 Å². The number of rotatable bonds is 4. The summed E-state index contributed by atoms with van der Waals surface area (Å²) in [5, 5.41) is 10.7. The van der Waals surface area contributed by atoms with E-state index in [-0.39, 0.29) is 16.3 Å². The van der Waals surface area contributed by atoms with E-state index < -0.39 is 14.8 Å². The maximum Gasteiger partial charge on any atom is 0.272 e. The monoisotopic (exact) mass is 291 g/mol. The second-order valence-corrected chi connectivity index (χ2v) is 6.44. The van der Waals surface area contributed by atoms with Crippen LogP contribution in [0.4, 0.5) is 5.69 Å². The molecule has 20 heavy (non-hydrogen) atoms. The molecule has 2 aromatic carbocycles. The third-order valence-corrected chi connectivity index (χ3v) is 4.62. The molecule has 6 heteroatoms. The van der Waals surface area contributed by atoms with Gasteiger partial charge in [-0.05, 0) is 30.7 Å². The maximum atomic E-state index is 12.2. The summed E-state index contributed by atoms with van der Waals surface area (Å²) in [6.07, 6.45) is 0. The van der Waals surface area contributed by atoms with Gasteiger partial charge in [-0.2, -0.15) is 0 Å². The van der Waals surface area contributed by atoms with Crippen LogP contribution in [0, 0.1) is 17.0 Å². The molecule has 0 saturated heterocycles. The van der Waals surface area contributed by atoms with Crippen molar-refractivity contribution in [3.63, 3.8) is 0 Å². The second-order valence-electron chi connectivity index (χ2n) is 4.45. The SMILES string of the molecule is Cc1cc(CS(=O)(=O)c2ccccc2)ccc1[N+](=O)[O-]. The van der Waals surface area contributed by atoms with Gasteiger partial charge < -0.3 is 0 Å². The lowest BCUT2D eigenvalue weighted by molar-refractivity contribution is -0.385. The summed E-state index contributed by atoms with van der Waals surface area (Å²) in [6, 6.07) is 12.5. The van der Waals surface area contributed by atoms with Crippen molar-refractivity contribution < 1.29 is 13.3 Å². The standard InChI is InChI=1S/C14H13NO4S/c1-11-9-12(7-8-14(11)15(16)17)10-20(18,19)13-5-3-2-4-6-13/h2-9H,10H2,1H3. The lowest BCUT2D eigenvalue weighted by Crippen LogP contribution is -2.05. The van der Waals surface area contributed by atoms with Crippen LogP contribution in [-0.2, 0) is 15.6 Å². The Morgan fingerprint density at radius 2 is 1.75 bits per heavy atom. The Kier molecular flexibility index (Phi) is 3.85. The van der Waals surface area contributed by atoms with Crippen molar-refractivity contribution >= 4 is 15.5 Å². The number of sulfone groups is 1. The van der Waals surface area contributed by atoms with E-state index in [4.69, 9.17) is 0 Å². The average Bonchev–Trinajstić information content (AvgIpc) is 2.39. The van der Waals surface area contributed by atoms with Crippen LogP contribution in [0.25, 0.3) is 0 Å². The first kappa shape index (κ1) is 14.2.